The topological polar surface area (TPSA) is 129 Å². The lowest BCUT2D eigenvalue weighted by molar-refractivity contribution is -0.154. The fourth-order valence-corrected chi connectivity index (χ4v) is 6.45. The highest BCUT2D eigenvalue weighted by Gasteiger charge is 2.57. The first-order valence-corrected chi connectivity index (χ1v) is 16.1. The van der Waals surface area contributed by atoms with Crippen molar-refractivity contribution in [2.45, 2.75) is 83.6 Å². The van der Waals surface area contributed by atoms with Gasteiger partial charge in [0.15, 0.2) is 0 Å². The van der Waals surface area contributed by atoms with E-state index in [1.54, 1.807) is 25.3 Å². The number of likely N-dealkylation sites (tertiary alicyclic amines) is 1. The number of aromatic nitrogens is 2. The van der Waals surface area contributed by atoms with Gasteiger partial charge >= 0.3 is 12.1 Å². The number of nitrogens with zero attached hydrogens (tertiary/aromatic N) is 3. The number of methoxy groups -OCH3 is 2. The molecule has 1 saturated heterocycles. The van der Waals surface area contributed by atoms with Crippen molar-refractivity contribution in [2.24, 2.45) is 23.2 Å². The number of nitrogens with one attached hydrogen (secondary N) is 1. The maximum absolute atomic E-state index is 14.4. The number of hydrogen-bond donors (Lipinski definition) is 1. The van der Waals surface area contributed by atoms with Gasteiger partial charge in [0.25, 0.3) is 0 Å². The maximum atomic E-state index is 14.4. The molecular formula is C35H46N4O7. The van der Waals surface area contributed by atoms with Crippen molar-refractivity contribution in [3.05, 3.63) is 43.1 Å². The molecule has 0 bridgehead atoms. The summed E-state index contributed by atoms with van der Waals surface area (Å²) >= 11 is 0. The molecule has 1 aliphatic heterocycles. The first kappa shape index (κ1) is 33.2. The van der Waals surface area contributed by atoms with Crippen LogP contribution in [0.5, 0.6) is 11.6 Å². The first-order valence-electron chi connectivity index (χ1n) is 16.1. The Bertz CT molecular complexity index is 1480. The third-order valence-electron chi connectivity index (χ3n) is 9.19. The van der Waals surface area contributed by atoms with Gasteiger partial charge in [-0.15, -0.1) is 6.58 Å². The van der Waals surface area contributed by atoms with Gasteiger partial charge in [-0.3, -0.25) is 4.79 Å². The molecule has 2 aromatic rings. The van der Waals surface area contributed by atoms with Crippen molar-refractivity contribution in [2.75, 3.05) is 20.8 Å². The van der Waals surface area contributed by atoms with Crippen molar-refractivity contribution in [3.63, 3.8) is 0 Å². The van der Waals surface area contributed by atoms with Crippen LogP contribution >= 0.6 is 0 Å². The Hall–Kier alpha value is -4.15. The number of benzene rings is 1. The first-order chi connectivity index (χ1) is 22.0. The monoisotopic (exact) mass is 634 g/mol. The minimum atomic E-state index is -0.958. The molecule has 11 nitrogen and oxygen atoms in total. The van der Waals surface area contributed by atoms with Crippen LogP contribution in [0.4, 0.5) is 4.79 Å². The molecule has 5 rings (SSSR count). The lowest BCUT2D eigenvalue weighted by Gasteiger charge is -2.35. The van der Waals surface area contributed by atoms with Crippen LogP contribution in [-0.2, 0) is 19.1 Å². The number of alkyl carbamates (subject to hydrolysis) is 1. The molecule has 46 heavy (non-hydrogen) atoms. The molecule has 248 valence electrons. The number of unbranched alkanes of at least 4 members (excludes halogenated alkanes) is 1. The Kier molecular flexibility index (Phi) is 9.88. The third kappa shape index (κ3) is 7.29. The highest BCUT2D eigenvalue weighted by molar-refractivity contribution is 5.91. The Morgan fingerprint density at radius 2 is 1.87 bits per heavy atom. The van der Waals surface area contributed by atoms with E-state index in [1.165, 1.54) is 12.0 Å². The van der Waals surface area contributed by atoms with E-state index in [1.807, 2.05) is 32.9 Å². The van der Waals surface area contributed by atoms with Gasteiger partial charge in [0.05, 0.1) is 31.8 Å². The molecule has 2 amide bonds. The van der Waals surface area contributed by atoms with Crippen molar-refractivity contribution in [1.29, 1.82) is 0 Å². The van der Waals surface area contributed by atoms with E-state index in [2.05, 4.69) is 23.5 Å². The zero-order valence-electron chi connectivity index (χ0n) is 27.5. The van der Waals surface area contributed by atoms with E-state index in [-0.39, 0.29) is 30.4 Å². The molecule has 0 spiro atoms. The lowest BCUT2D eigenvalue weighted by atomic mass is 9.85. The van der Waals surface area contributed by atoms with Gasteiger partial charge in [0.2, 0.25) is 11.8 Å². The van der Waals surface area contributed by atoms with Crippen LogP contribution < -0.4 is 14.8 Å². The number of rotatable bonds is 13. The third-order valence-corrected chi connectivity index (χ3v) is 9.19. The van der Waals surface area contributed by atoms with E-state index < -0.39 is 41.6 Å². The fourth-order valence-electron chi connectivity index (χ4n) is 6.45. The molecule has 1 aromatic carbocycles. The molecule has 1 aromatic heterocycles. The quantitative estimate of drug-likeness (QED) is 0.177. The summed E-state index contributed by atoms with van der Waals surface area (Å²) in [6.07, 6.45) is 7.60. The molecule has 0 radical (unpaired) electrons. The molecule has 11 heteroatoms. The summed E-state index contributed by atoms with van der Waals surface area (Å²) < 4.78 is 22.8. The molecular weight excluding hydrogens is 588 g/mol. The Labute approximate surface area is 270 Å². The van der Waals surface area contributed by atoms with Gasteiger partial charge in [0.1, 0.15) is 35.7 Å². The highest BCUT2D eigenvalue weighted by Crippen LogP contribution is 2.47. The number of allylic oxidation sites excluding steroid dienone is 1. The lowest BCUT2D eigenvalue weighted by Crippen LogP contribution is -2.57. The summed E-state index contributed by atoms with van der Waals surface area (Å²) in [4.78, 5) is 51.7. The van der Waals surface area contributed by atoms with Crippen LogP contribution in [-0.4, -0.2) is 77.9 Å². The molecule has 2 aliphatic carbocycles. The number of hydrogen-bond acceptors (Lipinski definition) is 9. The summed E-state index contributed by atoms with van der Waals surface area (Å²) in [6.45, 7) is 13.4. The van der Waals surface area contributed by atoms with Crippen molar-refractivity contribution >= 4 is 35.1 Å². The van der Waals surface area contributed by atoms with E-state index in [4.69, 9.17) is 23.9 Å². The van der Waals surface area contributed by atoms with Gasteiger partial charge in [-0.25, -0.2) is 19.6 Å². The smallest absolute Gasteiger partial charge is 0.408 e. The van der Waals surface area contributed by atoms with Crippen LogP contribution in [0.2, 0.25) is 0 Å². The second kappa shape index (κ2) is 13.7. The predicted molar refractivity (Wildman–Crippen MR) is 173 cm³/mol. The van der Waals surface area contributed by atoms with E-state index in [0.29, 0.717) is 28.4 Å². The van der Waals surface area contributed by atoms with Crippen LogP contribution in [0.15, 0.2) is 37.4 Å². The minimum absolute atomic E-state index is 0.103. The van der Waals surface area contributed by atoms with Crippen molar-refractivity contribution in [1.82, 2.24) is 20.2 Å². The molecule has 6 atom stereocenters. The van der Waals surface area contributed by atoms with Crippen molar-refractivity contribution in [3.8, 4) is 11.6 Å². The summed E-state index contributed by atoms with van der Waals surface area (Å²) in [5, 5.41) is 2.83. The fraction of sp³-hybridized carbons (Fsp3) is 0.571. The Balaban J connectivity index is 1.39. The zero-order chi connectivity index (χ0) is 33.2. The largest absolute Gasteiger partial charge is 0.497 e. The SMILES string of the molecule is C=CCCCC1CC1OC(=O)NC(C(=O)N1CC(Oc2nc3cc(OC)ccc3nc2C=C)C(C2CC2)C1C(=O)OC)C(C)(C)C. The number of carbonyl (C=O) groups is 3. The predicted octanol–water partition coefficient (Wildman–Crippen LogP) is 5.32. The summed E-state index contributed by atoms with van der Waals surface area (Å²) in [5.41, 5.74) is 0.994. The van der Waals surface area contributed by atoms with Gasteiger partial charge in [-0.2, -0.15) is 0 Å². The average molecular weight is 635 g/mol. The number of ether oxygens (including phenoxy) is 4. The number of amides is 2. The van der Waals surface area contributed by atoms with Crippen LogP contribution in [0, 0.1) is 23.2 Å². The van der Waals surface area contributed by atoms with Gasteiger partial charge in [0, 0.05) is 12.0 Å². The van der Waals surface area contributed by atoms with Crippen LogP contribution in [0.25, 0.3) is 17.1 Å². The molecule has 2 saturated carbocycles. The van der Waals surface area contributed by atoms with Gasteiger partial charge in [-0.1, -0.05) is 33.4 Å². The summed E-state index contributed by atoms with van der Waals surface area (Å²) in [7, 11) is 2.90. The zero-order valence-corrected chi connectivity index (χ0v) is 27.5. The normalized spacial score (nSPS) is 24.5. The molecule has 3 fully saturated rings. The number of esters is 1. The van der Waals surface area contributed by atoms with Crippen LogP contribution in [0.1, 0.15) is 65.0 Å². The standard InChI is InChI=1S/C35H46N4O7/c1-8-10-11-12-21-17-26(21)46-34(42)38-30(35(3,4)5)32(40)39-19-27(28(20-13-14-20)29(39)33(41)44-7)45-31-23(9-2)36-24-16-15-22(43-6)18-25(24)37-31/h8-9,15-16,18,20-21,26-30H,1-2,10-14,17,19H2,3-7H3,(H,38,42). The van der Waals surface area contributed by atoms with Gasteiger partial charge < -0.3 is 29.2 Å². The second-order valence-electron chi connectivity index (χ2n) is 13.6. The van der Waals surface area contributed by atoms with E-state index in [9.17, 15) is 14.4 Å². The molecule has 6 unspecified atom stereocenters. The van der Waals surface area contributed by atoms with Crippen molar-refractivity contribution < 1.29 is 33.3 Å². The minimum Gasteiger partial charge on any atom is -0.497 e. The molecule has 2 heterocycles. The highest BCUT2D eigenvalue weighted by atomic mass is 16.6. The number of carbonyl (C=O) groups excluding carboxylic acids is 3. The van der Waals surface area contributed by atoms with Gasteiger partial charge in [-0.05, 0) is 74.0 Å². The second-order valence-corrected chi connectivity index (χ2v) is 13.6. The summed E-state index contributed by atoms with van der Waals surface area (Å²) in [5.74, 6) is 0.110. The van der Waals surface area contributed by atoms with E-state index in [0.717, 1.165) is 38.5 Å². The number of fused-ring (bicyclic) bond motifs is 1. The Morgan fingerprint density at radius 1 is 1.11 bits per heavy atom. The molecule has 3 aliphatic rings. The Morgan fingerprint density at radius 3 is 2.50 bits per heavy atom. The van der Waals surface area contributed by atoms with E-state index >= 15 is 0 Å². The average Bonchev–Trinajstić information content (AvgIpc) is 3.96. The molecule has 1 N–H and O–H groups in total. The maximum Gasteiger partial charge on any atom is 0.408 e. The summed E-state index contributed by atoms with van der Waals surface area (Å²) in [6, 6.07) is 3.53. The van der Waals surface area contributed by atoms with Crippen LogP contribution in [0.3, 0.4) is 0 Å².